The average molecular weight is 529 g/mol. The molecule has 0 fully saturated rings. The lowest BCUT2D eigenvalue weighted by atomic mass is 10.0. The number of para-hydroxylation sites is 1. The number of sulfonamides is 1. The molecule has 0 radical (unpaired) electrons. The van der Waals surface area contributed by atoms with Crippen LogP contribution in [0.4, 0.5) is 32.0 Å². The molecule has 0 spiro atoms. The van der Waals surface area contributed by atoms with E-state index in [-0.39, 0.29) is 17.0 Å². The molecule has 4 rings (SSSR count). The number of aromatic nitrogens is 2. The normalized spacial score (nSPS) is 12.6. The van der Waals surface area contributed by atoms with Crippen molar-refractivity contribution in [3.63, 3.8) is 0 Å². The Hall–Kier alpha value is -3.74. The molecule has 0 saturated carbocycles. The molecule has 1 aromatic heterocycles. The Labute approximate surface area is 201 Å². The minimum atomic E-state index is -5.60. The van der Waals surface area contributed by atoms with E-state index in [4.69, 9.17) is 0 Å². The van der Waals surface area contributed by atoms with Crippen LogP contribution < -0.4 is 9.46 Å². The molecular formula is C23H17F6N3O3S. The van der Waals surface area contributed by atoms with Crippen molar-refractivity contribution in [3.05, 3.63) is 78.1 Å². The minimum absolute atomic E-state index is 0.230. The zero-order valence-corrected chi connectivity index (χ0v) is 18.9. The average Bonchev–Trinajstić information content (AvgIpc) is 3.19. The van der Waals surface area contributed by atoms with Crippen LogP contribution in [0.3, 0.4) is 0 Å². The smallest absolute Gasteiger partial charge is 0.406 e. The van der Waals surface area contributed by atoms with Crippen LogP contribution in [0, 0.1) is 0 Å². The molecule has 36 heavy (non-hydrogen) atoms. The van der Waals surface area contributed by atoms with Gasteiger partial charge in [0.25, 0.3) is 0 Å². The molecule has 0 aliphatic carbocycles. The predicted molar refractivity (Wildman–Crippen MR) is 121 cm³/mol. The highest BCUT2D eigenvalue weighted by atomic mass is 32.2. The summed E-state index contributed by atoms with van der Waals surface area (Å²) in [5, 5.41) is 0. The Morgan fingerprint density at radius 3 is 2.25 bits per heavy atom. The van der Waals surface area contributed by atoms with Crippen molar-refractivity contribution in [1.29, 1.82) is 0 Å². The summed E-state index contributed by atoms with van der Waals surface area (Å²) < 4.78 is 104. The molecule has 0 saturated heterocycles. The Morgan fingerprint density at radius 1 is 0.889 bits per heavy atom. The number of hydrogen-bond donors (Lipinski definition) is 2. The first-order chi connectivity index (χ1) is 16.8. The number of hydrogen-bond acceptors (Lipinski definition) is 4. The van der Waals surface area contributed by atoms with E-state index in [2.05, 4.69) is 14.7 Å². The third kappa shape index (κ3) is 5.90. The highest BCUT2D eigenvalue weighted by Crippen LogP contribution is 2.33. The molecule has 0 bridgehead atoms. The van der Waals surface area contributed by atoms with Crippen molar-refractivity contribution < 1.29 is 39.5 Å². The van der Waals surface area contributed by atoms with E-state index in [9.17, 15) is 34.8 Å². The summed E-state index contributed by atoms with van der Waals surface area (Å²) in [6, 6.07) is 16.0. The van der Waals surface area contributed by atoms with Gasteiger partial charge in [0.2, 0.25) is 0 Å². The number of imidazole rings is 1. The van der Waals surface area contributed by atoms with Gasteiger partial charge in [-0.3, -0.25) is 4.72 Å². The molecule has 6 nitrogen and oxygen atoms in total. The van der Waals surface area contributed by atoms with Crippen molar-refractivity contribution in [2.24, 2.45) is 0 Å². The molecule has 1 heterocycles. The van der Waals surface area contributed by atoms with Gasteiger partial charge in [-0.1, -0.05) is 36.4 Å². The number of nitrogens with one attached hydrogen (secondary N) is 2. The summed E-state index contributed by atoms with van der Waals surface area (Å²) in [6.45, 7) is 0. The first kappa shape index (κ1) is 25.4. The van der Waals surface area contributed by atoms with Crippen molar-refractivity contribution in [1.82, 2.24) is 9.97 Å². The van der Waals surface area contributed by atoms with Crippen molar-refractivity contribution in [2.75, 3.05) is 4.72 Å². The van der Waals surface area contributed by atoms with Crippen LogP contribution in [-0.2, 0) is 22.9 Å². The topological polar surface area (TPSA) is 84.1 Å². The fraction of sp³-hybridized carbons (Fsp3) is 0.174. The summed E-state index contributed by atoms with van der Waals surface area (Å²) in [4.78, 5) is 7.56. The maximum Gasteiger partial charge on any atom is 0.573 e. The lowest BCUT2D eigenvalue weighted by Crippen LogP contribution is -2.30. The van der Waals surface area contributed by atoms with E-state index >= 15 is 0 Å². The van der Waals surface area contributed by atoms with E-state index in [1.54, 1.807) is 29.0 Å². The van der Waals surface area contributed by atoms with Crippen LogP contribution in [0.25, 0.3) is 22.2 Å². The minimum Gasteiger partial charge on any atom is -0.406 e. The highest BCUT2D eigenvalue weighted by Gasteiger charge is 2.46. The van der Waals surface area contributed by atoms with Gasteiger partial charge in [-0.15, -0.1) is 13.2 Å². The van der Waals surface area contributed by atoms with E-state index in [0.29, 0.717) is 35.3 Å². The van der Waals surface area contributed by atoms with E-state index in [0.717, 1.165) is 5.56 Å². The van der Waals surface area contributed by atoms with Gasteiger partial charge in [-0.05, 0) is 47.9 Å². The molecule has 0 atom stereocenters. The number of anilines is 1. The maximum atomic E-state index is 12.8. The van der Waals surface area contributed by atoms with Gasteiger partial charge in [0.15, 0.2) is 0 Å². The second kappa shape index (κ2) is 9.37. The van der Waals surface area contributed by atoms with Gasteiger partial charge in [0, 0.05) is 12.0 Å². The lowest BCUT2D eigenvalue weighted by Gasteiger charge is -2.14. The van der Waals surface area contributed by atoms with E-state index < -0.39 is 21.9 Å². The highest BCUT2D eigenvalue weighted by molar-refractivity contribution is 7.93. The number of H-pyrrole nitrogens is 1. The van der Waals surface area contributed by atoms with Crippen molar-refractivity contribution in [2.45, 2.75) is 24.7 Å². The summed E-state index contributed by atoms with van der Waals surface area (Å²) in [7, 11) is -5.60. The largest absolute Gasteiger partial charge is 0.573 e. The Bertz CT molecular complexity index is 1480. The molecule has 0 aliphatic heterocycles. The maximum absolute atomic E-state index is 12.8. The van der Waals surface area contributed by atoms with E-state index in [1.807, 2.05) is 0 Å². The zero-order chi connectivity index (χ0) is 26.1. The second-order valence-electron chi connectivity index (χ2n) is 7.70. The number of alkyl halides is 6. The predicted octanol–water partition coefficient (Wildman–Crippen LogP) is 6.18. The van der Waals surface area contributed by atoms with Gasteiger partial charge in [0.1, 0.15) is 11.6 Å². The van der Waals surface area contributed by atoms with Crippen LogP contribution in [0.2, 0.25) is 0 Å². The van der Waals surface area contributed by atoms with Gasteiger partial charge in [0.05, 0.1) is 16.7 Å². The SMILES string of the molecule is O=S(=O)(Nc1ccccc1-c1ccc2nc(CCc3ccc(OC(F)(F)F)cc3)[nH]c2c1)C(F)(F)F. The molecule has 190 valence electrons. The number of nitrogens with zero attached hydrogens (tertiary/aromatic N) is 1. The first-order valence-electron chi connectivity index (χ1n) is 10.3. The number of rotatable bonds is 7. The van der Waals surface area contributed by atoms with Gasteiger partial charge < -0.3 is 9.72 Å². The first-order valence-corrected chi connectivity index (χ1v) is 11.8. The summed E-state index contributed by atoms with van der Waals surface area (Å²) in [5.41, 5.74) is -3.08. The van der Waals surface area contributed by atoms with Gasteiger partial charge in [-0.2, -0.15) is 21.6 Å². The van der Waals surface area contributed by atoms with Gasteiger partial charge >= 0.3 is 21.9 Å². The molecule has 13 heteroatoms. The molecule has 2 N–H and O–H groups in total. The molecule has 0 amide bonds. The lowest BCUT2D eigenvalue weighted by molar-refractivity contribution is -0.274. The monoisotopic (exact) mass is 529 g/mol. The van der Waals surface area contributed by atoms with Crippen LogP contribution in [0.15, 0.2) is 66.7 Å². The van der Waals surface area contributed by atoms with Crippen LogP contribution in [0.1, 0.15) is 11.4 Å². The van der Waals surface area contributed by atoms with E-state index in [1.165, 1.54) is 42.5 Å². The number of halogens is 6. The summed E-state index contributed by atoms with van der Waals surface area (Å²) >= 11 is 0. The Kier molecular flexibility index (Phi) is 6.60. The fourth-order valence-corrected chi connectivity index (χ4v) is 4.08. The van der Waals surface area contributed by atoms with Crippen LogP contribution in [-0.4, -0.2) is 30.3 Å². The zero-order valence-electron chi connectivity index (χ0n) is 18.1. The van der Waals surface area contributed by atoms with Crippen LogP contribution >= 0.6 is 0 Å². The number of benzene rings is 3. The Balaban J connectivity index is 1.52. The summed E-state index contributed by atoms with van der Waals surface area (Å²) in [6.07, 6.45) is -3.86. The molecular weight excluding hydrogens is 512 g/mol. The van der Waals surface area contributed by atoms with Crippen LogP contribution in [0.5, 0.6) is 5.75 Å². The van der Waals surface area contributed by atoms with Crippen molar-refractivity contribution >= 4 is 26.7 Å². The molecule has 3 aromatic carbocycles. The third-order valence-electron chi connectivity index (χ3n) is 5.13. The van der Waals surface area contributed by atoms with Crippen molar-refractivity contribution in [3.8, 4) is 16.9 Å². The number of aromatic amines is 1. The number of fused-ring (bicyclic) bond motifs is 1. The molecule has 0 unspecified atom stereocenters. The third-order valence-corrected chi connectivity index (χ3v) is 6.22. The fourth-order valence-electron chi connectivity index (χ4n) is 3.50. The molecule has 0 aliphatic rings. The summed E-state index contributed by atoms with van der Waals surface area (Å²) in [5.74, 6) is 0.268. The number of ether oxygens (including phenoxy) is 1. The molecule has 4 aromatic rings. The Morgan fingerprint density at radius 2 is 1.58 bits per heavy atom. The second-order valence-corrected chi connectivity index (χ2v) is 9.38. The number of aryl methyl sites for hydroxylation is 2. The quantitative estimate of drug-likeness (QED) is 0.280. The standard InChI is InChI=1S/C23H17F6N3O3S/c24-22(25,26)35-16-9-5-14(6-10-16)7-12-21-30-19-11-8-15(13-20(19)31-21)17-3-1-2-4-18(17)32-36(33,34)23(27,28)29/h1-6,8-11,13,32H,7,12H2,(H,30,31). The van der Waals surface area contributed by atoms with Gasteiger partial charge in [-0.25, -0.2) is 4.98 Å².